The Morgan fingerprint density at radius 3 is 2.57 bits per heavy atom. The van der Waals surface area contributed by atoms with E-state index in [0.29, 0.717) is 25.9 Å². The van der Waals surface area contributed by atoms with Crippen LogP contribution in [0.2, 0.25) is 5.02 Å². The summed E-state index contributed by atoms with van der Waals surface area (Å²) in [6, 6.07) is 4.12. The summed E-state index contributed by atoms with van der Waals surface area (Å²) in [5.41, 5.74) is 0.327. The highest BCUT2D eigenvalue weighted by molar-refractivity contribution is 6.33. The van der Waals surface area contributed by atoms with Gasteiger partial charge in [-0.1, -0.05) is 11.6 Å². The first-order valence-electron chi connectivity index (χ1n) is 6.52. The highest BCUT2D eigenvalue weighted by Crippen LogP contribution is 2.23. The van der Waals surface area contributed by atoms with Crippen LogP contribution in [-0.2, 0) is 9.59 Å². The number of hydrogen-bond acceptors (Lipinski definition) is 4. The van der Waals surface area contributed by atoms with Crippen molar-refractivity contribution < 1.29 is 19.5 Å². The van der Waals surface area contributed by atoms with Crippen LogP contribution in [0.5, 0.6) is 0 Å². The predicted octanol–water partition coefficient (Wildman–Crippen LogP) is 1.64. The second-order valence-corrected chi connectivity index (χ2v) is 5.27. The first kappa shape index (κ1) is 15.5. The van der Waals surface area contributed by atoms with Crippen LogP contribution in [-0.4, -0.2) is 47.3 Å². The monoisotopic (exact) mass is 310 g/mol. The second-order valence-electron chi connectivity index (χ2n) is 4.86. The Kier molecular flexibility index (Phi) is 4.93. The molecule has 0 spiro atoms. The van der Waals surface area contributed by atoms with Gasteiger partial charge in [0, 0.05) is 25.9 Å². The summed E-state index contributed by atoms with van der Waals surface area (Å²) in [5, 5.41) is 11.8. The number of carbonyl (C=O) groups is 3. The summed E-state index contributed by atoms with van der Waals surface area (Å²) in [6.07, 6.45) is 0.922. The molecule has 6 nitrogen and oxygen atoms in total. The molecule has 0 saturated carbocycles. The third kappa shape index (κ3) is 4.27. The van der Waals surface area contributed by atoms with Crippen LogP contribution in [0.4, 0.5) is 5.69 Å². The molecule has 21 heavy (non-hydrogen) atoms. The van der Waals surface area contributed by atoms with Crippen LogP contribution >= 0.6 is 11.6 Å². The number of piperidine rings is 1. The third-order valence-corrected chi connectivity index (χ3v) is 3.60. The van der Waals surface area contributed by atoms with Gasteiger partial charge in [0.15, 0.2) is 0 Å². The first-order valence-corrected chi connectivity index (χ1v) is 6.90. The largest absolute Gasteiger partial charge is 0.478 e. The lowest BCUT2D eigenvalue weighted by atomic mass is 10.1. The molecule has 0 aliphatic carbocycles. The van der Waals surface area contributed by atoms with Crippen molar-refractivity contribution in [2.45, 2.75) is 12.8 Å². The number of benzene rings is 1. The number of aromatic carboxylic acids is 1. The number of carboxylic acid groups (broad SMARTS) is 1. The number of nitrogens with zero attached hydrogens (tertiary/aromatic N) is 1. The molecule has 0 bridgehead atoms. The van der Waals surface area contributed by atoms with Gasteiger partial charge in [-0.05, 0) is 18.2 Å². The number of nitrogens with one attached hydrogen (secondary N) is 1. The molecule has 0 unspecified atom stereocenters. The van der Waals surface area contributed by atoms with Crippen LogP contribution in [0.3, 0.4) is 0 Å². The van der Waals surface area contributed by atoms with E-state index in [9.17, 15) is 14.4 Å². The van der Waals surface area contributed by atoms with Gasteiger partial charge in [0.25, 0.3) is 0 Å². The molecule has 1 heterocycles. The van der Waals surface area contributed by atoms with E-state index in [1.165, 1.54) is 18.2 Å². The van der Waals surface area contributed by atoms with E-state index >= 15 is 0 Å². The maximum Gasteiger partial charge on any atom is 0.335 e. The van der Waals surface area contributed by atoms with Crippen molar-refractivity contribution in [1.29, 1.82) is 0 Å². The zero-order valence-electron chi connectivity index (χ0n) is 11.3. The molecule has 0 radical (unpaired) electrons. The maximum absolute atomic E-state index is 12.0. The first-order chi connectivity index (χ1) is 9.95. The quantitative estimate of drug-likeness (QED) is 0.883. The van der Waals surface area contributed by atoms with Crippen molar-refractivity contribution in [3.63, 3.8) is 0 Å². The number of hydrogen-bond donors (Lipinski definition) is 2. The van der Waals surface area contributed by atoms with Gasteiger partial charge < -0.3 is 10.4 Å². The van der Waals surface area contributed by atoms with Crippen LogP contribution in [0.25, 0.3) is 0 Å². The van der Waals surface area contributed by atoms with E-state index in [1.807, 2.05) is 4.90 Å². The van der Waals surface area contributed by atoms with E-state index in [-0.39, 0.29) is 34.5 Å². The lowest BCUT2D eigenvalue weighted by Crippen LogP contribution is -2.39. The van der Waals surface area contributed by atoms with Gasteiger partial charge in [-0.15, -0.1) is 0 Å². The molecule has 0 aromatic heterocycles. The molecule has 7 heteroatoms. The van der Waals surface area contributed by atoms with Gasteiger partial charge in [-0.3, -0.25) is 14.5 Å². The molecule has 2 N–H and O–H groups in total. The van der Waals surface area contributed by atoms with E-state index in [0.717, 1.165) is 0 Å². The molecule has 1 saturated heterocycles. The maximum atomic E-state index is 12.0. The normalized spacial score (nSPS) is 15.8. The molecule has 1 amide bonds. The zero-order chi connectivity index (χ0) is 15.4. The van der Waals surface area contributed by atoms with Crippen molar-refractivity contribution in [1.82, 2.24) is 4.90 Å². The van der Waals surface area contributed by atoms with Crippen molar-refractivity contribution in [3.8, 4) is 0 Å². The average molecular weight is 311 g/mol. The van der Waals surface area contributed by atoms with E-state index in [4.69, 9.17) is 16.7 Å². The van der Waals surface area contributed by atoms with Crippen molar-refractivity contribution >= 4 is 34.9 Å². The fourth-order valence-electron chi connectivity index (χ4n) is 2.11. The minimum Gasteiger partial charge on any atom is -0.478 e. The van der Waals surface area contributed by atoms with Gasteiger partial charge in [-0.2, -0.15) is 0 Å². The molecule has 1 aliphatic heterocycles. The van der Waals surface area contributed by atoms with Crippen molar-refractivity contribution in [2.75, 3.05) is 25.0 Å². The Labute approximate surface area is 126 Å². The van der Waals surface area contributed by atoms with Crippen molar-refractivity contribution in [2.24, 2.45) is 0 Å². The molecule has 1 fully saturated rings. The number of likely N-dealkylation sites (tertiary alicyclic amines) is 1. The van der Waals surface area contributed by atoms with Crippen molar-refractivity contribution in [3.05, 3.63) is 28.8 Å². The fraction of sp³-hybridized carbons (Fsp3) is 0.357. The molecular formula is C14H15ClN2O4. The predicted molar refractivity (Wildman–Crippen MR) is 77.7 cm³/mol. The van der Waals surface area contributed by atoms with Crippen LogP contribution in [0.15, 0.2) is 18.2 Å². The smallest absolute Gasteiger partial charge is 0.335 e. The molecule has 1 aromatic carbocycles. The molecule has 2 rings (SSSR count). The lowest BCUT2D eigenvalue weighted by molar-refractivity contribution is -0.124. The minimum absolute atomic E-state index is 0.0540. The minimum atomic E-state index is -1.09. The molecular weight excluding hydrogens is 296 g/mol. The summed E-state index contributed by atoms with van der Waals surface area (Å²) in [4.78, 5) is 35.9. The standard InChI is InChI=1S/C14H15ClN2O4/c15-11-2-1-9(14(20)21)7-12(11)16-13(19)8-17-5-3-10(18)4-6-17/h1-2,7H,3-6,8H2,(H,16,19)(H,20,21). The van der Waals surface area contributed by atoms with E-state index < -0.39 is 5.97 Å². The van der Waals surface area contributed by atoms with E-state index in [2.05, 4.69) is 5.32 Å². The SMILES string of the molecule is O=C1CCN(CC(=O)Nc2cc(C(=O)O)ccc2Cl)CC1. The average Bonchev–Trinajstić information content (AvgIpc) is 2.43. The van der Waals surface area contributed by atoms with Gasteiger partial charge in [0.05, 0.1) is 22.8 Å². The number of rotatable bonds is 4. The Morgan fingerprint density at radius 1 is 1.29 bits per heavy atom. The zero-order valence-corrected chi connectivity index (χ0v) is 12.0. The lowest BCUT2D eigenvalue weighted by Gasteiger charge is -2.25. The second kappa shape index (κ2) is 6.69. The molecule has 112 valence electrons. The Bertz CT molecular complexity index is 578. The summed E-state index contributed by atoms with van der Waals surface area (Å²) in [5.74, 6) is -1.16. The number of amides is 1. The van der Waals surface area contributed by atoms with Crippen LogP contribution in [0.1, 0.15) is 23.2 Å². The van der Waals surface area contributed by atoms with Crippen LogP contribution in [0, 0.1) is 0 Å². The number of anilines is 1. The Morgan fingerprint density at radius 2 is 1.95 bits per heavy atom. The number of carbonyl (C=O) groups excluding carboxylic acids is 2. The topological polar surface area (TPSA) is 86.7 Å². The van der Waals surface area contributed by atoms with Gasteiger partial charge >= 0.3 is 5.97 Å². The number of ketones is 1. The van der Waals surface area contributed by atoms with Crippen LogP contribution < -0.4 is 5.32 Å². The highest BCUT2D eigenvalue weighted by atomic mass is 35.5. The summed E-state index contributed by atoms with van der Waals surface area (Å²) >= 11 is 5.94. The Hall–Kier alpha value is -1.92. The molecule has 0 atom stereocenters. The Balaban J connectivity index is 1.97. The van der Waals surface area contributed by atoms with Gasteiger partial charge in [-0.25, -0.2) is 4.79 Å². The number of carboxylic acids is 1. The number of Topliss-reactive ketones (excluding diaryl/α,β-unsaturated/α-hetero) is 1. The number of halogens is 1. The molecule has 1 aliphatic rings. The highest BCUT2D eigenvalue weighted by Gasteiger charge is 2.19. The van der Waals surface area contributed by atoms with Gasteiger partial charge in [0.1, 0.15) is 5.78 Å². The fourth-order valence-corrected chi connectivity index (χ4v) is 2.27. The van der Waals surface area contributed by atoms with E-state index in [1.54, 1.807) is 0 Å². The summed E-state index contributed by atoms with van der Waals surface area (Å²) < 4.78 is 0. The van der Waals surface area contributed by atoms with Gasteiger partial charge in [0.2, 0.25) is 5.91 Å². The summed E-state index contributed by atoms with van der Waals surface area (Å²) in [6.45, 7) is 1.28. The third-order valence-electron chi connectivity index (χ3n) is 3.27. The molecule has 1 aromatic rings. The summed E-state index contributed by atoms with van der Waals surface area (Å²) in [7, 11) is 0.